The molecule has 1 N–H and O–H groups in total. The highest BCUT2D eigenvalue weighted by molar-refractivity contribution is 6.30. The second kappa shape index (κ2) is 6.35. The van der Waals surface area contributed by atoms with Gasteiger partial charge in [-0.15, -0.1) is 0 Å². The number of rotatable bonds is 4. The van der Waals surface area contributed by atoms with Gasteiger partial charge in [-0.3, -0.25) is 9.59 Å². The molecule has 0 fully saturated rings. The number of carbonyl (C=O) groups excluding carboxylic acids is 2. The Morgan fingerprint density at radius 1 is 1.44 bits per heavy atom. The molecule has 6 heteroatoms. The van der Waals surface area contributed by atoms with Gasteiger partial charge in [0.15, 0.2) is 6.61 Å². The van der Waals surface area contributed by atoms with Crippen molar-refractivity contribution in [3.05, 3.63) is 29.0 Å². The predicted molar refractivity (Wildman–Crippen MR) is 65.8 cm³/mol. The van der Waals surface area contributed by atoms with E-state index in [0.29, 0.717) is 5.02 Å². The van der Waals surface area contributed by atoms with Crippen LogP contribution in [0.2, 0.25) is 5.02 Å². The standard InChI is InChI=1S/C12H13ClFNO3/c1-7(2)12(17)18-6-11(16)15-10-5-8(13)3-4-9(10)14/h3-5,7H,6H2,1-2H3,(H,15,16). The second-order valence-corrected chi connectivity index (χ2v) is 4.37. The summed E-state index contributed by atoms with van der Waals surface area (Å²) in [4.78, 5) is 22.5. The van der Waals surface area contributed by atoms with Gasteiger partial charge in [-0.25, -0.2) is 4.39 Å². The zero-order valence-electron chi connectivity index (χ0n) is 10.00. The smallest absolute Gasteiger partial charge is 0.308 e. The Balaban J connectivity index is 2.55. The quantitative estimate of drug-likeness (QED) is 0.858. The third-order valence-corrected chi connectivity index (χ3v) is 2.25. The number of amides is 1. The Bertz CT molecular complexity index is 463. The van der Waals surface area contributed by atoms with E-state index in [9.17, 15) is 14.0 Å². The monoisotopic (exact) mass is 273 g/mol. The normalized spacial score (nSPS) is 10.3. The Morgan fingerprint density at radius 2 is 2.11 bits per heavy atom. The minimum atomic E-state index is -0.620. The molecule has 0 aliphatic rings. The van der Waals surface area contributed by atoms with Crippen LogP contribution in [-0.2, 0) is 14.3 Å². The van der Waals surface area contributed by atoms with Crippen LogP contribution in [0.15, 0.2) is 18.2 Å². The minimum Gasteiger partial charge on any atom is -0.455 e. The lowest BCUT2D eigenvalue weighted by Crippen LogP contribution is -2.23. The van der Waals surface area contributed by atoms with E-state index in [4.69, 9.17) is 16.3 Å². The lowest BCUT2D eigenvalue weighted by molar-refractivity contribution is -0.150. The molecule has 1 aromatic rings. The summed E-state index contributed by atoms with van der Waals surface area (Å²) in [5.41, 5.74) is -0.0481. The molecular weight excluding hydrogens is 261 g/mol. The van der Waals surface area contributed by atoms with Crippen LogP contribution in [0.1, 0.15) is 13.8 Å². The fourth-order valence-corrected chi connectivity index (χ4v) is 1.26. The van der Waals surface area contributed by atoms with Crippen molar-refractivity contribution in [2.75, 3.05) is 11.9 Å². The van der Waals surface area contributed by atoms with Crippen molar-refractivity contribution in [2.24, 2.45) is 5.92 Å². The summed E-state index contributed by atoms with van der Waals surface area (Å²) < 4.78 is 18.0. The molecule has 0 spiro atoms. The van der Waals surface area contributed by atoms with E-state index >= 15 is 0 Å². The van der Waals surface area contributed by atoms with Gasteiger partial charge in [0.2, 0.25) is 0 Å². The van der Waals surface area contributed by atoms with E-state index in [1.54, 1.807) is 13.8 Å². The van der Waals surface area contributed by atoms with Crippen LogP contribution in [0.25, 0.3) is 0 Å². The SMILES string of the molecule is CC(C)C(=O)OCC(=O)Nc1cc(Cl)ccc1F. The van der Waals surface area contributed by atoms with Crippen LogP contribution in [0.4, 0.5) is 10.1 Å². The number of hydrogen-bond donors (Lipinski definition) is 1. The minimum absolute atomic E-state index is 0.0481. The number of benzene rings is 1. The molecule has 98 valence electrons. The first-order chi connectivity index (χ1) is 8.40. The first-order valence-corrected chi connectivity index (χ1v) is 5.69. The van der Waals surface area contributed by atoms with Crippen molar-refractivity contribution in [3.63, 3.8) is 0 Å². The second-order valence-electron chi connectivity index (χ2n) is 3.93. The summed E-state index contributed by atoms with van der Waals surface area (Å²) in [5, 5.41) is 2.57. The number of ether oxygens (including phenoxy) is 1. The topological polar surface area (TPSA) is 55.4 Å². The third-order valence-electron chi connectivity index (χ3n) is 2.02. The summed E-state index contributed by atoms with van der Waals surface area (Å²) >= 11 is 5.67. The average Bonchev–Trinajstić information content (AvgIpc) is 2.30. The van der Waals surface area contributed by atoms with Gasteiger partial charge in [0, 0.05) is 5.02 Å². The van der Waals surface area contributed by atoms with E-state index in [2.05, 4.69) is 5.32 Å². The first-order valence-electron chi connectivity index (χ1n) is 5.31. The largest absolute Gasteiger partial charge is 0.455 e. The number of esters is 1. The van der Waals surface area contributed by atoms with Crippen molar-refractivity contribution >= 4 is 29.2 Å². The highest BCUT2D eigenvalue weighted by Crippen LogP contribution is 2.19. The zero-order valence-corrected chi connectivity index (χ0v) is 10.8. The van der Waals surface area contributed by atoms with E-state index in [-0.39, 0.29) is 11.6 Å². The number of halogens is 2. The molecule has 0 saturated heterocycles. The number of nitrogens with one attached hydrogen (secondary N) is 1. The highest BCUT2D eigenvalue weighted by atomic mass is 35.5. The van der Waals surface area contributed by atoms with Crippen LogP contribution < -0.4 is 5.32 Å². The summed E-state index contributed by atoms with van der Waals surface area (Å²) in [6.45, 7) is 2.84. The summed E-state index contributed by atoms with van der Waals surface area (Å²) in [6.07, 6.45) is 0. The molecule has 1 amide bonds. The molecule has 18 heavy (non-hydrogen) atoms. The molecule has 0 bridgehead atoms. The van der Waals surface area contributed by atoms with Crippen molar-refractivity contribution in [1.82, 2.24) is 0 Å². The molecule has 0 unspecified atom stereocenters. The lowest BCUT2D eigenvalue weighted by atomic mass is 10.2. The fourth-order valence-electron chi connectivity index (χ4n) is 1.08. The molecule has 0 heterocycles. The maximum Gasteiger partial charge on any atom is 0.308 e. The average molecular weight is 274 g/mol. The van der Waals surface area contributed by atoms with Crippen LogP contribution in [0, 0.1) is 11.7 Å². The molecule has 0 aliphatic heterocycles. The van der Waals surface area contributed by atoms with Crippen LogP contribution in [0.5, 0.6) is 0 Å². The fraction of sp³-hybridized carbons (Fsp3) is 0.333. The van der Waals surface area contributed by atoms with Gasteiger partial charge in [0.25, 0.3) is 5.91 Å². The molecular formula is C12H13ClFNO3. The van der Waals surface area contributed by atoms with Gasteiger partial charge < -0.3 is 10.1 Å². The van der Waals surface area contributed by atoms with Gasteiger partial charge in [0.05, 0.1) is 11.6 Å². The predicted octanol–water partition coefficient (Wildman–Crippen LogP) is 2.62. The van der Waals surface area contributed by atoms with E-state index in [1.807, 2.05) is 0 Å². The Kier molecular flexibility index (Phi) is 5.09. The van der Waals surface area contributed by atoms with E-state index in [1.165, 1.54) is 12.1 Å². The summed E-state index contributed by atoms with van der Waals surface area (Å²) in [6, 6.07) is 3.78. The van der Waals surface area contributed by atoms with Crippen LogP contribution in [0.3, 0.4) is 0 Å². The maximum absolute atomic E-state index is 13.3. The molecule has 4 nitrogen and oxygen atoms in total. The van der Waals surface area contributed by atoms with E-state index < -0.39 is 24.3 Å². The molecule has 1 aromatic carbocycles. The molecule has 0 radical (unpaired) electrons. The van der Waals surface area contributed by atoms with Gasteiger partial charge in [-0.2, -0.15) is 0 Å². The van der Waals surface area contributed by atoms with Gasteiger partial charge >= 0.3 is 5.97 Å². The Hall–Kier alpha value is -1.62. The molecule has 0 atom stereocenters. The van der Waals surface area contributed by atoms with Crippen LogP contribution in [-0.4, -0.2) is 18.5 Å². The van der Waals surface area contributed by atoms with Gasteiger partial charge in [-0.1, -0.05) is 25.4 Å². The molecule has 0 aliphatic carbocycles. The van der Waals surface area contributed by atoms with Crippen molar-refractivity contribution in [3.8, 4) is 0 Å². The number of carbonyl (C=O) groups is 2. The van der Waals surface area contributed by atoms with Crippen LogP contribution >= 0.6 is 11.6 Å². The first kappa shape index (κ1) is 14.4. The lowest BCUT2D eigenvalue weighted by Gasteiger charge is -2.08. The Morgan fingerprint density at radius 3 is 2.72 bits per heavy atom. The molecule has 0 saturated carbocycles. The Labute approximate surface area is 109 Å². The zero-order chi connectivity index (χ0) is 13.7. The van der Waals surface area contributed by atoms with E-state index in [0.717, 1.165) is 6.07 Å². The van der Waals surface area contributed by atoms with Gasteiger partial charge in [-0.05, 0) is 18.2 Å². The highest BCUT2D eigenvalue weighted by Gasteiger charge is 2.12. The number of anilines is 1. The summed E-state index contributed by atoms with van der Waals surface area (Å²) in [7, 11) is 0. The van der Waals surface area contributed by atoms with Crippen molar-refractivity contribution < 1.29 is 18.7 Å². The molecule has 0 aromatic heterocycles. The summed E-state index contributed by atoms with van der Waals surface area (Å²) in [5.74, 6) is -2.04. The third kappa shape index (κ3) is 4.33. The number of hydrogen-bond acceptors (Lipinski definition) is 3. The maximum atomic E-state index is 13.3. The van der Waals surface area contributed by atoms with Gasteiger partial charge in [0.1, 0.15) is 5.82 Å². The van der Waals surface area contributed by atoms with Crippen molar-refractivity contribution in [1.29, 1.82) is 0 Å². The van der Waals surface area contributed by atoms with Crippen molar-refractivity contribution in [2.45, 2.75) is 13.8 Å². The molecule has 1 rings (SSSR count).